The highest BCUT2D eigenvalue weighted by molar-refractivity contribution is 6.10. The largest absolute Gasteiger partial charge is 0.350 e. The average Bonchev–Trinajstić information content (AvgIpc) is 3.82. The van der Waals surface area contributed by atoms with E-state index in [4.69, 9.17) is 4.99 Å². The summed E-state index contributed by atoms with van der Waals surface area (Å²) < 4.78 is 2.41. The van der Waals surface area contributed by atoms with Crippen molar-refractivity contribution in [2.45, 2.75) is 31.6 Å². The van der Waals surface area contributed by atoms with Gasteiger partial charge in [-0.15, -0.1) is 0 Å². The number of aromatic nitrogens is 1. The molecule has 64 heavy (non-hydrogen) atoms. The normalized spacial score (nSPS) is 16.2. The predicted molar refractivity (Wildman–Crippen MR) is 266 cm³/mol. The van der Waals surface area contributed by atoms with Gasteiger partial charge in [0, 0.05) is 27.4 Å². The zero-order chi connectivity index (χ0) is 42.8. The molecule has 2 aliphatic rings. The molecule has 0 saturated heterocycles. The highest BCUT2D eigenvalue weighted by Crippen LogP contribution is 2.49. The fraction of sp³-hybridized carbons (Fsp3) is 0.0833. The van der Waals surface area contributed by atoms with Crippen molar-refractivity contribution in [3.8, 4) is 50.2 Å². The summed E-state index contributed by atoms with van der Waals surface area (Å²) in [5.74, 6) is 0.851. The number of nitrogens with one attached hydrogen (secondary N) is 2. The van der Waals surface area contributed by atoms with Crippen LogP contribution in [0.3, 0.4) is 0 Å². The third kappa shape index (κ3) is 6.45. The van der Waals surface area contributed by atoms with E-state index in [9.17, 15) is 0 Å². The van der Waals surface area contributed by atoms with Crippen LogP contribution in [0.4, 0.5) is 0 Å². The molecule has 0 amide bonds. The lowest BCUT2D eigenvalue weighted by molar-refractivity contribution is 0.409. The maximum Gasteiger partial charge on any atom is 0.131 e. The van der Waals surface area contributed by atoms with Crippen molar-refractivity contribution in [3.05, 3.63) is 246 Å². The van der Waals surface area contributed by atoms with Crippen LogP contribution in [-0.2, 0) is 5.41 Å². The zero-order valence-corrected chi connectivity index (χ0v) is 35.8. The number of hydrogen-bond donors (Lipinski definition) is 2. The molecule has 0 radical (unpaired) electrons. The van der Waals surface area contributed by atoms with Crippen molar-refractivity contribution in [1.82, 2.24) is 15.2 Å². The molecule has 12 rings (SSSR count). The van der Waals surface area contributed by atoms with E-state index in [0.717, 1.165) is 28.2 Å². The number of para-hydroxylation sites is 1. The van der Waals surface area contributed by atoms with Gasteiger partial charge in [-0.05, 0) is 97.1 Å². The van der Waals surface area contributed by atoms with Crippen molar-refractivity contribution in [3.63, 3.8) is 0 Å². The first kappa shape index (κ1) is 37.9. The molecule has 4 heteroatoms. The molecule has 2 unspecified atom stereocenters. The molecular weight excluding hydrogens is 777 g/mol. The van der Waals surface area contributed by atoms with Crippen LogP contribution in [0.1, 0.15) is 54.0 Å². The Kier molecular flexibility index (Phi) is 9.03. The number of benzene rings is 9. The molecule has 2 N–H and O–H groups in total. The smallest absolute Gasteiger partial charge is 0.131 e. The van der Waals surface area contributed by atoms with Crippen LogP contribution in [-0.4, -0.2) is 10.4 Å². The standard InChI is InChI=1S/C60H46N4/c1-60(2)53-22-11-9-20-49(53)50-34-32-45(37-54(50)60)41-24-26-42(27-25-41)46-33-35-52-51-21-10-12-23-55(51)64(56(52)38-46)48-19-13-18-47(36-48)59-62-57(43-16-7-4-8-17-43)61-58(63-59)44-30-28-40(29-31-44)39-14-5-3-6-15-39/h3-38,57-58,61H,1-2H3,(H,62,63). The molecule has 0 spiro atoms. The van der Waals surface area contributed by atoms with Gasteiger partial charge in [0.2, 0.25) is 0 Å². The van der Waals surface area contributed by atoms with Crippen LogP contribution in [0, 0.1) is 0 Å². The first-order valence-corrected chi connectivity index (χ1v) is 22.3. The third-order valence-electron chi connectivity index (χ3n) is 13.5. The fourth-order valence-corrected chi connectivity index (χ4v) is 10.1. The molecule has 0 fully saturated rings. The fourth-order valence-electron chi connectivity index (χ4n) is 10.1. The Morgan fingerprint density at radius 3 is 1.80 bits per heavy atom. The molecule has 2 heterocycles. The van der Waals surface area contributed by atoms with Crippen molar-refractivity contribution in [2.75, 3.05) is 0 Å². The van der Waals surface area contributed by atoms with Gasteiger partial charge in [0.1, 0.15) is 18.2 Å². The SMILES string of the molecule is CC1(C)c2ccccc2-c2ccc(-c3ccc(-c4ccc5c6ccccc6n(-c6cccc(C7=NC(c8ccccc8)NC(c8ccc(-c9ccccc9)cc8)N7)c6)c5c4)cc3)cc21. The number of amidine groups is 1. The Hall–Kier alpha value is -7.79. The van der Waals surface area contributed by atoms with E-state index < -0.39 is 0 Å². The Morgan fingerprint density at radius 2 is 1.00 bits per heavy atom. The molecule has 1 aliphatic carbocycles. The topological polar surface area (TPSA) is 41.4 Å². The van der Waals surface area contributed by atoms with E-state index in [-0.39, 0.29) is 17.7 Å². The van der Waals surface area contributed by atoms with Gasteiger partial charge < -0.3 is 9.88 Å². The van der Waals surface area contributed by atoms with Gasteiger partial charge in [0.25, 0.3) is 0 Å². The van der Waals surface area contributed by atoms with E-state index in [1.807, 2.05) is 0 Å². The van der Waals surface area contributed by atoms with Gasteiger partial charge in [-0.2, -0.15) is 0 Å². The van der Waals surface area contributed by atoms with Gasteiger partial charge in [-0.1, -0.05) is 202 Å². The first-order chi connectivity index (χ1) is 31.5. The Morgan fingerprint density at radius 1 is 0.422 bits per heavy atom. The molecular formula is C60H46N4. The second-order valence-corrected chi connectivity index (χ2v) is 17.7. The minimum Gasteiger partial charge on any atom is -0.350 e. The Labute approximate surface area is 374 Å². The summed E-state index contributed by atoms with van der Waals surface area (Å²) in [5.41, 5.74) is 19.4. The Bertz CT molecular complexity index is 3400. The molecule has 0 bridgehead atoms. The molecule has 306 valence electrons. The molecule has 9 aromatic carbocycles. The lowest BCUT2D eigenvalue weighted by Gasteiger charge is -2.32. The first-order valence-electron chi connectivity index (χ1n) is 22.3. The van der Waals surface area contributed by atoms with Crippen molar-refractivity contribution >= 4 is 27.6 Å². The molecule has 4 nitrogen and oxygen atoms in total. The quantitative estimate of drug-likeness (QED) is 0.168. The van der Waals surface area contributed by atoms with E-state index >= 15 is 0 Å². The monoisotopic (exact) mass is 822 g/mol. The lowest BCUT2D eigenvalue weighted by atomic mass is 9.81. The number of aliphatic imine (C=N–C) groups is 1. The summed E-state index contributed by atoms with van der Waals surface area (Å²) in [7, 11) is 0. The number of nitrogens with zero attached hydrogens (tertiary/aromatic N) is 2. The average molecular weight is 823 g/mol. The predicted octanol–water partition coefficient (Wildman–Crippen LogP) is 14.4. The summed E-state index contributed by atoms with van der Waals surface area (Å²) in [4.78, 5) is 5.31. The second kappa shape index (κ2) is 15.2. The van der Waals surface area contributed by atoms with Crippen LogP contribution in [0.5, 0.6) is 0 Å². The van der Waals surface area contributed by atoms with Crippen LogP contribution in [0.15, 0.2) is 223 Å². The van der Waals surface area contributed by atoms with Crippen molar-refractivity contribution < 1.29 is 0 Å². The minimum atomic E-state index is -0.228. The van der Waals surface area contributed by atoms with Gasteiger partial charge in [-0.25, -0.2) is 4.99 Å². The summed E-state index contributed by atoms with van der Waals surface area (Å²) in [6.45, 7) is 4.69. The maximum atomic E-state index is 5.31. The van der Waals surface area contributed by atoms with Crippen LogP contribution in [0.2, 0.25) is 0 Å². The summed E-state index contributed by atoms with van der Waals surface area (Å²) in [5, 5.41) is 10.0. The zero-order valence-electron chi connectivity index (χ0n) is 35.8. The molecule has 2 atom stereocenters. The number of fused-ring (bicyclic) bond motifs is 6. The van der Waals surface area contributed by atoms with Gasteiger partial charge in [0.05, 0.1) is 11.0 Å². The van der Waals surface area contributed by atoms with Gasteiger partial charge in [0.15, 0.2) is 0 Å². The van der Waals surface area contributed by atoms with Crippen LogP contribution < -0.4 is 10.6 Å². The van der Waals surface area contributed by atoms with Gasteiger partial charge in [-0.3, -0.25) is 5.32 Å². The highest BCUT2D eigenvalue weighted by atomic mass is 15.3. The number of rotatable bonds is 7. The molecule has 0 saturated carbocycles. The summed E-state index contributed by atoms with van der Waals surface area (Å²) in [6, 6.07) is 79.3. The minimum absolute atomic E-state index is 0.0320. The number of hydrogen-bond acceptors (Lipinski definition) is 3. The third-order valence-corrected chi connectivity index (χ3v) is 13.5. The van der Waals surface area contributed by atoms with E-state index in [0.29, 0.717) is 0 Å². The van der Waals surface area contributed by atoms with Crippen molar-refractivity contribution in [1.29, 1.82) is 0 Å². The van der Waals surface area contributed by atoms with Crippen LogP contribution >= 0.6 is 0 Å². The van der Waals surface area contributed by atoms with Crippen molar-refractivity contribution in [2.24, 2.45) is 4.99 Å². The lowest BCUT2D eigenvalue weighted by Crippen LogP contribution is -2.45. The maximum absolute atomic E-state index is 5.31. The molecule has 1 aromatic heterocycles. The van der Waals surface area contributed by atoms with E-state index in [1.165, 1.54) is 77.4 Å². The Balaban J connectivity index is 0.895. The van der Waals surface area contributed by atoms with E-state index in [1.54, 1.807) is 0 Å². The summed E-state index contributed by atoms with van der Waals surface area (Å²) in [6.07, 6.45) is -0.381. The molecule has 1 aliphatic heterocycles. The molecule has 10 aromatic rings. The highest BCUT2D eigenvalue weighted by Gasteiger charge is 2.35. The van der Waals surface area contributed by atoms with Crippen LogP contribution in [0.25, 0.3) is 72.0 Å². The second-order valence-electron chi connectivity index (χ2n) is 17.7. The van der Waals surface area contributed by atoms with Gasteiger partial charge >= 0.3 is 0 Å². The van der Waals surface area contributed by atoms with E-state index in [2.05, 4.69) is 247 Å². The summed E-state index contributed by atoms with van der Waals surface area (Å²) >= 11 is 0.